The van der Waals surface area contributed by atoms with Gasteiger partial charge < -0.3 is 5.11 Å². The van der Waals surface area contributed by atoms with Gasteiger partial charge in [0.1, 0.15) is 0 Å². The molecular formula is C11H20O2. The number of hydrogen-bond acceptors (Lipinski definition) is 1. The number of carbonyl (C=O) groups is 1. The average Bonchev–Trinajstić information content (AvgIpc) is 1.99. The largest absolute Gasteiger partial charge is 0.481 e. The molecule has 0 aromatic rings. The van der Waals surface area contributed by atoms with E-state index < -0.39 is 5.97 Å². The molecule has 1 saturated carbocycles. The van der Waals surface area contributed by atoms with Gasteiger partial charge in [0.15, 0.2) is 0 Å². The maximum atomic E-state index is 10.4. The molecule has 0 aromatic heterocycles. The van der Waals surface area contributed by atoms with Crippen LogP contribution in [0.5, 0.6) is 0 Å². The fourth-order valence-electron chi connectivity index (χ4n) is 2.68. The standard InChI is InChI=1S/C11H20O2/c1-8-5-9(2)7-10(6-8)3-4-11(12)13/h8-10H,3-7H2,1-2H3,(H,12,13). The summed E-state index contributed by atoms with van der Waals surface area (Å²) in [5, 5.41) is 8.58. The van der Waals surface area contributed by atoms with Crippen LogP contribution in [0.15, 0.2) is 0 Å². The highest BCUT2D eigenvalue weighted by molar-refractivity contribution is 5.66. The molecule has 2 unspecified atom stereocenters. The second-order valence-corrected chi connectivity index (χ2v) is 4.72. The Bertz CT molecular complexity index is 167. The summed E-state index contributed by atoms with van der Waals surface area (Å²) in [4.78, 5) is 10.4. The molecule has 0 radical (unpaired) electrons. The Morgan fingerprint density at radius 1 is 1.23 bits per heavy atom. The van der Waals surface area contributed by atoms with Gasteiger partial charge in [-0.25, -0.2) is 0 Å². The van der Waals surface area contributed by atoms with Crippen molar-refractivity contribution in [1.29, 1.82) is 0 Å². The third kappa shape index (κ3) is 3.79. The number of hydrogen-bond donors (Lipinski definition) is 1. The summed E-state index contributed by atoms with van der Waals surface area (Å²) in [7, 11) is 0. The molecule has 0 amide bonds. The predicted molar refractivity (Wildman–Crippen MR) is 52.5 cm³/mol. The van der Waals surface area contributed by atoms with E-state index in [1.165, 1.54) is 19.3 Å². The van der Waals surface area contributed by atoms with Gasteiger partial charge in [-0.05, 0) is 43.4 Å². The van der Waals surface area contributed by atoms with Crippen LogP contribution in [-0.4, -0.2) is 11.1 Å². The normalized spacial score (nSPS) is 34.5. The zero-order chi connectivity index (χ0) is 9.84. The van der Waals surface area contributed by atoms with Crippen LogP contribution in [0.2, 0.25) is 0 Å². The molecule has 1 aliphatic carbocycles. The van der Waals surface area contributed by atoms with E-state index in [0.29, 0.717) is 12.3 Å². The van der Waals surface area contributed by atoms with Gasteiger partial charge in [-0.1, -0.05) is 13.8 Å². The molecule has 0 spiro atoms. The molecule has 0 bridgehead atoms. The van der Waals surface area contributed by atoms with E-state index in [2.05, 4.69) is 13.8 Å². The van der Waals surface area contributed by atoms with Gasteiger partial charge in [-0.15, -0.1) is 0 Å². The molecule has 2 nitrogen and oxygen atoms in total. The highest BCUT2D eigenvalue weighted by Crippen LogP contribution is 2.35. The zero-order valence-electron chi connectivity index (χ0n) is 8.62. The van der Waals surface area contributed by atoms with E-state index in [-0.39, 0.29) is 0 Å². The predicted octanol–water partition coefficient (Wildman–Crippen LogP) is 2.92. The summed E-state index contributed by atoms with van der Waals surface area (Å²) in [6, 6.07) is 0. The van der Waals surface area contributed by atoms with Crippen LogP contribution in [-0.2, 0) is 4.79 Å². The molecule has 1 aliphatic rings. The van der Waals surface area contributed by atoms with Crippen LogP contribution in [0.4, 0.5) is 0 Å². The molecule has 0 aliphatic heterocycles. The molecular weight excluding hydrogens is 164 g/mol. The minimum absolute atomic E-state index is 0.351. The highest BCUT2D eigenvalue weighted by atomic mass is 16.4. The topological polar surface area (TPSA) is 37.3 Å². The smallest absolute Gasteiger partial charge is 0.303 e. The van der Waals surface area contributed by atoms with Crippen molar-refractivity contribution in [2.24, 2.45) is 17.8 Å². The zero-order valence-corrected chi connectivity index (χ0v) is 8.62. The number of carboxylic acid groups (broad SMARTS) is 1. The third-order valence-corrected chi connectivity index (χ3v) is 3.04. The molecule has 2 heteroatoms. The first-order valence-electron chi connectivity index (χ1n) is 5.29. The summed E-state index contributed by atoms with van der Waals surface area (Å²) in [6.07, 6.45) is 5.02. The number of aliphatic carboxylic acids is 1. The quantitative estimate of drug-likeness (QED) is 0.732. The summed E-state index contributed by atoms with van der Waals surface area (Å²) in [5.41, 5.74) is 0. The molecule has 13 heavy (non-hydrogen) atoms. The molecule has 1 N–H and O–H groups in total. The van der Waals surface area contributed by atoms with Crippen LogP contribution in [0.25, 0.3) is 0 Å². The van der Waals surface area contributed by atoms with Crippen molar-refractivity contribution < 1.29 is 9.90 Å². The molecule has 76 valence electrons. The fraction of sp³-hybridized carbons (Fsp3) is 0.909. The van der Waals surface area contributed by atoms with E-state index in [0.717, 1.165) is 18.3 Å². The van der Waals surface area contributed by atoms with Gasteiger partial charge in [0.05, 0.1) is 0 Å². The van der Waals surface area contributed by atoms with Crippen molar-refractivity contribution >= 4 is 5.97 Å². The second kappa shape index (κ2) is 4.64. The monoisotopic (exact) mass is 184 g/mol. The summed E-state index contributed by atoms with van der Waals surface area (Å²) in [5.74, 6) is 1.60. The minimum Gasteiger partial charge on any atom is -0.481 e. The summed E-state index contributed by atoms with van der Waals surface area (Å²) >= 11 is 0. The van der Waals surface area contributed by atoms with Gasteiger partial charge in [-0.2, -0.15) is 0 Å². The molecule has 0 saturated heterocycles. The van der Waals surface area contributed by atoms with Crippen molar-refractivity contribution in [3.63, 3.8) is 0 Å². The Hall–Kier alpha value is -0.530. The lowest BCUT2D eigenvalue weighted by atomic mass is 9.75. The molecule has 0 aromatic carbocycles. The van der Waals surface area contributed by atoms with Crippen LogP contribution in [0.3, 0.4) is 0 Å². The highest BCUT2D eigenvalue weighted by Gasteiger charge is 2.23. The number of carboxylic acids is 1. The Kier molecular flexibility index (Phi) is 3.76. The number of rotatable bonds is 3. The first-order valence-corrected chi connectivity index (χ1v) is 5.29. The third-order valence-electron chi connectivity index (χ3n) is 3.04. The Morgan fingerprint density at radius 2 is 1.77 bits per heavy atom. The maximum Gasteiger partial charge on any atom is 0.303 e. The van der Waals surface area contributed by atoms with E-state index in [1.807, 2.05) is 0 Å². The fourth-order valence-corrected chi connectivity index (χ4v) is 2.68. The Balaban J connectivity index is 2.28. The van der Waals surface area contributed by atoms with Gasteiger partial charge >= 0.3 is 5.97 Å². The van der Waals surface area contributed by atoms with Gasteiger partial charge in [0.25, 0.3) is 0 Å². The summed E-state index contributed by atoms with van der Waals surface area (Å²) < 4.78 is 0. The second-order valence-electron chi connectivity index (χ2n) is 4.72. The average molecular weight is 184 g/mol. The van der Waals surface area contributed by atoms with Crippen molar-refractivity contribution in [3.8, 4) is 0 Å². The SMILES string of the molecule is CC1CC(C)CC(CCC(=O)O)C1. The van der Waals surface area contributed by atoms with Crippen molar-refractivity contribution in [3.05, 3.63) is 0 Å². The molecule has 2 atom stereocenters. The van der Waals surface area contributed by atoms with E-state index >= 15 is 0 Å². The van der Waals surface area contributed by atoms with E-state index in [9.17, 15) is 4.79 Å². The first kappa shape index (κ1) is 10.6. The van der Waals surface area contributed by atoms with Gasteiger partial charge in [0, 0.05) is 6.42 Å². The Morgan fingerprint density at radius 3 is 2.23 bits per heavy atom. The molecule has 1 fully saturated rings. The maximum absolute atomic E-state index is 10.4. The van der Waals surface area contributed by atoms with E-state index in [4.69, 9.17) is 5.11 Å². The summed E-state index contributed by atoms with van der Waals surface area (Å²) in [6.45, 7) is 4.56. The van der Waals surface area contributed by atoms with Crippen LogP contribution < -0.4 is 0 Å². The lowest BCUT2D eigenvalue weighted by Crippen LogP contribution is -2.20. The van der Waals surface area contributed by atoms with Gasteiger partial charge in [0.2, 0.25) is 0 Å². The van der Waals surface area contributed by atoms with E-state index in [1.54, 1.807) is 0 Å². The van der Waals surface area contributed by atoms with Crippen molar-refractivity contribution in [2.45, 2.75) is 46.0 Å². The van der Waals surface area contributed by atoms with Gasteiger partial charge in [-0.3, -0.25) is 4.79 Å². The Labute approximate surface area is 80.3 Å². The lowest BCUT2D eigenvalue weighted by Gasteiger charge is -2.31. The van der Waals surface area contributed by atoms with Crippen LogP contribution in [0, 0.1) is 17.8 Å². The minimum atomic E-state index is -0.647. The molecule has 1 rings (SSSR count). The molecule has 0 heterocycles. The van der Waals surface area contributed by atoms with Crippen LogP contribution >= 0.6 is 0 Å². The lowest BCUT2D eigenvalue weighted by molar-refractivity contribution is -0.137. The van der Waals surface area contributed by atoms with Crippen LogP contribution in [0.1, 0.15) is 46.0 Å². The first-order chi connectivity index (χ1) is 6.08. The van der Waals surface area contributed by atoms with Crippen molar-refractivity contribution in [2.75, 3.05) is 0 Å². The van der Waals surface area contributed by atoms with Crippen molar-refractivity contribution in [1.82, 2.24) is 0 Å².